The Morgan fingerprint density at radius 3 is 2.08 bits per heavy atom. The number of rotatable bonds is 6. The number of carboxylic acid groups (broad SMARTS) is 1. The number of carbonyl (C=O) groups is 2. The standard InChI is InChI=1S/C19H20N2O3/c22-18-2-1-11-21(18)17-9-5-15(6-10-17)13-20-12-14-3-7-16(8-4-14)19(23)24/h3-10,20H,1-2,11-13H2,(H,23,24). The topological polar surface area (TPSA) is 69.6 Å². The van der Waals surface area contributed by atoms with Gasteiger partial charge in [-0.3, -0.25) is 4.79 Å². The van der Waals surface area contributed by atoms with Crippen molar-refractivity contribution in [2.75, 3.05) is 11.4 Å². The average Bonchev–Trinajstić information content (AvgIpc) is 3.02. The van der Waals surface area contributed by atoms with Crippen LogP contribution in [-0.4, -0.2) is 23.5 Å². The molecule has 2 N–H and O–H groups in total. The summed E-state index contributed by atoms with van der Waals surface area (Å²) in [5.41, 5.74) is 3.45. The molecule has 0 radical (unpaired) electrons. The van der Waals surface area contributed by atoms with Crippen molar-refractivity contribution in [3.63, 3.8) is 0 Å². The Labute approximate surface area is 140 Å². The van der Waals surface area contributed by atoms with Crippen LogP contribution in [0.3, 0.4) is 0 Å². The number of carbonyl (C=O) groups excluding carboxylic acids is 1. The van der Waals surface area contributed by atoms with Gasteiger partial charge >= 0.3 is 5.97 Å². The fourth-order valence-electron chi connectivity index (χ4n) is 2.83. The van der Waals surface area contributed by atoms with E-state index >= 15 is 0 Å². The molecule has 0 aromatic heterocycles. The van der Waals surface area contributed by atoms with Crippen LogP contribution in [0.5, 0.6) is 0 Å². The predicted octanol–water partition coefficient (Wildman–Crippen LogP) is 2.80. The van der Waals surface area contributed by atoms with Gasteiger partial charge in [0.1, 0.15) is 0 Å². The van der Waals surface area contributed by atoms with Crippen molar-refractivity contribution < 1.29 is 14.7 Å². The highest BCUT2D eigenvalue weighted by atomic mass is 16.4. The Hall–Kier alpha value is -2.66. The fraction of sp³-hybridized carbons (Fsp3) is 0.263. The molecule has 0 unspecified atom stereocenters. The quantitative estimate of drug-likeness (QED) is 0.857. The van der Waals surface area contributed by atoms with Crippen LogP contribution in [0.4, 0.5) is 5.69 Å². The van der Waals surface area contributed by atoms with Crippen molar-refractivity contribution >= 4 is 17.6 Å². The number of aromatic carboxylic acids is 1. The molecule has 1 amide bonds. The Morgan fingerprint density at radius 2 is 1.58 bits per heavy atom. The van der Waals surface area contributed by atoms with Crippen molar-refractivity contribution in [1.82, 2.24) is 5.32 Å². The van der Waals surface area contributed by atoms with E-state index in [1.54, 1.807) is 12.1 Å². The molecule has 0 bridgehead atoms. The van der Waals surface area contributed by atoms with E-state index in [1.165, 1.54) is 0 Å². The van der Waals surface area contributed by atoms with E-state index in [9.17, 15) is 9.59 Å². The molecule has 3 rings (SSSR count). The van der Waals surface area contributed by atoms with Gasteiger partial charge in [0, 0.05) is 31.7 Å². The molecule has 2 aromatic rings. The summed E-state index contributed by atoms with van der Waals surface area (Å²) in [5.74, 6) is -0.711. The van der Waals surface area contributed by atoms with Gasteiger partial charge in [-0.25, -0.2) is 4.79 Å². The molecule has 1 saturated heterocycles. The maximum Gasteiger partial charge on any atom is 0.335 e. The highest BCUT2D eigenvalue weighted by Gasteiger charge is 2.21. The molecule has 1 aliphatic heterocycles. The van der Waals surface area contributed by atoms with Crippen LogP contribution in [0.1, 0.15) is 34.3 Å². The summed E-state index contributed by atoms with van der Waals surface area (Å²) in [6, 6.07) is 14.9. The van der Waals surface area contributed by atoms with Crippen molar-refractivity contribution in [1.29, 1.82) is 0 Å². The van der Waals surface area contributed by atoms with E-state index in [2.05, 4.69) is 5.32 Å². The maximum atomic E-state index is 11.7. The summed E-state index contributed by atoms with van der Waals surface area (Å²) < 4.78 is 0. The van der Waals surface area contributed by atoms with Crippen LogP contribution in [0.25, 0.3) is 0 Å². The number of amides is 1. The van der Waals surface area contributed by atoms with Gasteiger partial charge in [-0.2, -0.15) is 0 Å². The number of nitrogens with one attached hydrogen (secondary N) is 1. The van der Waals surface area contributed by atoms with Crippen molar-refractivity contribution in [3.05, 3.63) is 65.2 Å². The van der Waals surface area contributed by atoms with Crippen LogP contribution in [0, 0.1) is 0 Å². The normalized spacial score (nSPS) is 14.2. The van der Waals surface area contributed by atoms with E-state index in [4.69, 9.17) is 5.11 Å². The monoisotopic (exact) mass is 324 g/mol. The zero-order chi connectivity index (χ0) is 16.9. The third-order valence-electron chi connectivity index (χ3n) is 4.18. The van der Waals surface area contributed by atoms with E-state index in [1.807, 2.05) is 41.3 Å². The van der Waals surface area contributed by atoms with Crippen molar-refractivity contribution in [3.8, 4) is 0 Å². The molecule has 24 heavy (non-hydrogen) atoms. The molecule has 0 saturated carbocycles. The second-order valence-electron chi connectivity index (χ2n) is 5.92. The van der Waals surface area contributed by atoms with Gasteiger partial charge in [-0.1, -0.05) is 24.3 Å². The summed E-state index contributed by atoms with van der Waals surface area (Å²) in [5, 5.41) is 12.2. The minimum atomic E-state index is -0.911. The minimum Gasteiger partial charge on any atom is -0.478 e. The molecule has 1 heterocycles. The second kappa shape index (κ2) is 7.27. The Morgan fingerprint density at radius 1 is 1.00 bits per heavy atom. The third kappa shape index (κ3) is 3.81. The highest BCUT2D eigenvalue weighted by molar-refractivity contribution is 5.95. The van der Waals surface area contributed by atoms with Gasteiger partial charge in [0.15, 0.2) is 0 Å². The van der Waals surface area contributed by atoms with Crippen molar-refractivity contribution in [2.24, 2.45) is 0 Å². The van der Waals surface area contributed by atoms with Gasteiger partial charge in [-0.15, -0.1) is 0 Å². The molecule has 0 atom stereocenters. The number of anilines is 1. The van der Waals surface area contributed by atoms with E-state index in [0.717, 1.165) is 36.3 Å². The molecule has 1 fully saturated rings. The van der Waals surface area contributed by atoms with Crippen LogP contribution in [0.2, 0.25) is 0 Å². The highest BCUT2D eigenvalue weighted by Crippen LogP contribution is 2.21. The van der Waals surface area contributed by atoms with E-state index in [-0.39, 0.29) is 5.91 Å². The van der Waals surface area contributed by atoms with Gasteiger partial charge in [0.25, 0.3) is 0 Å². The molecular formula is C19H20N2O3. The summed E-state index contributed by atoms with van der Waals surface area (Å²) in [6.07, 6.45) is 1.58. The smallest absolute Gasteiger partial charge is 0.335 e. The first-order chi connectivity index (χ1) is 11.6. The molecular weight excluding hydrogens is 304 g/mol. The lowest BCUT2D eigenvalue weighted by molar-refractivity contribution is -0.117. The molecule has 5 heteroatoms. The van der Waals surface area contributed by atoms with E-state index in [0.29, 0.717) is 18.5 Å². The zero-order valence-corrected chi connectivity index (χ0v) is 13.4. The Balaban J connectivity index is 1.51. The SMILES string of the molecule is O=C(O)c1ccc(CNCc2ccc(N3CCCC3=O)cc2)cc1. The summed E-state index contributed by atoms with van der Waals surface area (Å²) in [7, 11) is 0. The van der Waals surface area contributed by atoms with E-state index < -0.39 is 5.97 Å². The lowest BCUT2D eigenvalue weighted by Crippen LogP contribution is -2.23. The number of hydrogen-bond donors (Lipinski definition) is 2. The molecule has 5 nitrogen and oxygen atoms in total. The lowest BCUT2D eigenvalue weighted by atomic mass is 10.1. The Kier molecular flexibility index (Phi) is 4.91. The molecule has 124 valence electrons. The third-order valence-corrected chi connectivity index (χ3v) is 4.18. The van der Waals surface area contributed by atoms with Gasteiger partial charge in [0.05, 0.1) is 5.56 Å². The average molecular weight is 324 g/mol. The largest absolute Gasteiger partial charge is 0.478 e. The first-order valence-electron chi connectivity index (χ1n) is 8.06. The zero-order valence-electron chi connectivity index (χ0n) is 13.4. The number of carboxylic acids is 1. The number of benzene rings is 2. The van der Waals surface area contributed by atoms with Gasteiger partial charge < -0.3 is 15.3 Å². The van der Waals surface area contributed by atoms with Crippen LogP contribution >= 0.6 is 0 Å². The Bertz CT molecular complexity index is 723. The van der Waals surface area contributed by atoms with Gasteiger partial charge in [-0.05, 0) is 41.8 Å². The first-order valence-corrected chi connectivity index (χ1v) is 8.06. The van der Waals surface area contributed by atoms with Crippen molar-refractivity contribution in [2.45, 2.75) is 25.9 Å². The number of hydrogen-bond acceptors (Lipinski definition) is 3. The fourth-order valence-corrected chi connectivity index (χ4v) is 2.83. The van der Waals surface area contributed by atoms with Crippen LogP contribution in [0.15, 0.2) is 48.5 Å². The lowest BCUT2D eigenvalue weighted by Gasteiger charge is -2.16. The molecule has 0 spiro atoms. The predicted molar refractivity (Wildman–Crippen MR) is 92.0 cm³/mol. The van der Waals surface area contributed by atoms with Crippen LogP contribution in [-0.2, 0) is 17.9 Å². The summed E-state index contributed by atoms with van der Waals surface area (Å²) >= 11 is 0. The number of nitrogens with zero attached hydrogens (tertiary/aromatic N) is 1. The molecule has 0 aliphatic carbocycles. The second-order valence-corrected chi connectivity index (χ2v) is 5.92. The summed E-state index contributed by atoms with van der Waals surface area (Å²) in [4.78, 5) is 24.4. The van der Waals surface area contributed by atoms with Gasteiger partial charge in [0.2, 0.25) is 5.91 Å². The molecule has 1 aliphatic rings. The molecule has 2 aromatic carbocycles. The maximum absolute atomic E-state index is 11.7. The summed E-state index contributed by atoms with van der Waals surface area (Å²) in [6.45, 7) is 2.20. The van der Waals surface area contributed by atoms with Crippen LogP contribution < -0.4 is 10.2 Å². The first kappa shape index (κ1) is 16.2. The minimum absolute atomic E-state index is 0.200.